The Kier molecular flexibility index (Phi) is 4.96. The van der Waals surface area contributed by atoms with E-state index in [0.29, 0.717) is 5.75 Å². The molecule has 0 fully saturated rings. The lowest BCUT2D eigenvalue weighted by atomic mass is 10.4. The highest BCUT2D eigenvalue weighted by molar-refractivity contribution is 7.89. The summed E-state index contributed by atoms with van der Waals surface area (Å²) in [6.07, 6.45) is 1.55. The first-order valence-electron chi connectivity index (χ1n) is 3.67. The lowest BCUT2D eigenvalue weighted by Crippen LogP contribution is -2.37. The van der Waals surface area contributed by atoms with Crippen LogP contribution in [0.1, 0.15) is 13.8 Å². The topological polar surface area (TPSA) is 63.2 Å². The van der Waals surface area contributed by atoms with Crippen LogP contribution in [0, 0.1) is 0 Å². The minimum Gasteiger partial charge on any atom is -0.260 e. The van der Waals surface area contributed by atoms with E-state index in [-0.39, 0.29) is 11.8 Å². The Morgan fingerprint density at radius 2 is 2.00 bits per heavy atom. The average Bonchev–Trinajstić information content (AvgIpc) is 1.84. The summed E-state index contributed by atoms with van der Waals surface area (Å²) in [6, 6.07) is -0.249. The van der Waals surface area contributed by atoms with Gasteiger partial charge in [-0.2, -0.15) is 0 Å². The Balaban J connectivity index is 4.01. The average molecular weight is 213 g/mol. The third kappa shape index (κ3) is 5.68. The van der Waals surface area contributed by atoms with Crippen molar-refractivity contribution in [2.75, 3.05) is 17.8 Å². The summed E-state index contributed by atoms with van der Waals surface area (Å²) in [6.45, 7) is 3.27. The molecule has 4 nitrogen and oxygen atoms in total. The zero-order valence-electron chi connectivity index (χ0n) is 7.53. The van der Waals surface area contributed by atoms with Gasteiger partial charge in [-0.15, -0.1) is 0 Å². The molecular formula is C6H15NO3S2. The van der Waals surface area contributed by atoms with Crippen LogP contribution in [-0.2, 0) is 20.8 Å². The van der Waals surface area contributed by atoms with Gasteiger partial charge in [0.2, 0.25) is 10.0 Å². The van der Waals surface area contributed by atoms with Crippen LogP contribution in [0.25, 0.3) is 0 Å². The van der Waals surface area contributed by atoms with Crippen molar-refractivity contribution in [3.05, 3.63) is 0 Å². The molecule has 2 atom stereocenters. The molecule has 0 aromatic rings. The van der Waals surface area contributed by atoms with Gasteiger partial charge < -0.3 is 0 Å². The predicted molar refractivity (Wildman–Crippen MR) is 51.0 cm³/mol. The SMILES string of the molecule is CCS(=O)(=O)NC(C)CS(C)=O. The third-order valence-electron chi connectivity index (χ3n) is 1.25. The molecule has 0 bridgehead atoms. The molecule has 2 unspecified atom stereocenters. The predicted octanol–water partition coefficient (Wildman–Crippen LogP) is -0.307. The van der Waals surface area contributed by atoms with Gasteiger partial charge >= 0.3 is 0 Å². The molecule has 0 rings (SSSR count). The zero-order valence-corrected chi connectivity index (χ0v) is 9.17. The monoisotopic (exact) mass is 213 g/mol. The molecule has 0 heterocycles. The van der Waals surface area contributed by atoms with Crippen molar-refractivity contribution in [2.24, 2.45) is 0 Å². The second-order valence-electron chi connectivity index (χ2n) is 2.66. The summed E-state index contributed by atoms with van der Waals surface area (Å²) in [7, 11) is -4.11. The quantitative estimate of drug-likeness (QED) is 0.681. The molecule has 0 saturated heterocycles. The van der Waals surface area contributed by atoms with Crippen LogP contribution in [0.5, 0.6) is 0 Å². The summed E-state index contributed by atoms with van der Waals surface area (Å²) >= 11 is 0. The normalized spacial score (nSPS) is 17.2. The summed E-state index contributed by atoms with van der Waals surface area (Å²) < 4.78 is 35.1. The molecule has 0 amide bonds. The molecule has 0 aliphatic heterocycles. The third-order valence-corrected chi connectivity index (χ3v) is 3.74. The highest BCUT2D eigenvalue weighted by Crippen LogP contribution is 1.90. The minimum absolute atomic E-state index is 0.0632. The van der Waals surface area contributed by atoms with E-state index in [1.807, 2.05) is 0 Å². The lowest BCUT2D eigenvalue weighted by Gasteiger charge is -2.10. The van der Waals surface area contributed by atoms with E-state index >= 15 is 0 Å². The second kappa shape index (κ2) is 4.94. The molecule has 6 heteroatoms. The zero-order chi connectivity index (χ0) is 9.78. The van der Waals surface area contributed by atoms with Gasteiger partial charge in [0.15, 0.2) is 0 Å². The molecule has 12 heavy (non-hydrogen) atoms. The van der Waals surface area contributed by atoms with Crippen molar-refractivity contribution in [3.8, 4) is 0 Å². The first-order chi connectivity index (χ1) is 5.37. The van der Waals surface area contributed by atoms with Crippen molar-refractivity contribution >= 4 is 20.8 Å². The van der Waals surface area contributed by atoms with Crippen LogP contribution in [0.2, 0.25) is 0 Å². The Labute approximate surface area is 76.2 Å². The Bertz CT molecular complexity index is 248. The van der Waals surface area contributed by atoms with Crippen LogP contribution in [0.3, 0.4) is 0 Å². The Morgan fingerprint density at radius 1 is 1.50 bits per heavy atom. The molecule has 74 valence electrons. The van der Waals surface area contributed by atoms with Crippen molar-refractivity contribution < 1.29 is 12.6 Å². The van der Waals surface area contributed by atoms with E-state index in [1.165, 1.54) is 0 Å². The molecule has 0 spiro atoms. The van der Waals surface area contributed by atoms with E-state index in [9.17, 15) is 12.6 Å². The maximum Gasteiger partial charge on any atom is 0.211 e. The van der Waals surface area contributed by atoms with Gasteiger partial charge in [-0.1, -0.05) is 0 Å². The molecule has 0 aliphatic rings. The maximum absolute atomic E-state index is 11.0. The number of hydrogen-bond donors (Lipinski definition) is 1. The summed E-state index contributed by atoms with van der Waals surface area (Å²) in [5.41, 5.74) is 0. The van der Waals surface area contributed by atoms with E-state index in [2.05, 4.69) is 4.72 Å². The fourth-order valence-electron chi connectivity index (χ4n) is 0.776. The standard InChI is InChI=1S/C6H15NO3S2/c1-4-12(9,10)7-6(2)5-11(3)8/h6-7H,4-5H2,1-3H3. The van der Waals surface area contributed by atoms with Gasteiger partial charge in [0.05, 0.1) is 5.75 Å². The molecule has 0 aliphatic carbocycles. The molecular weight excluding hydrogens is 198 g/mol. The van der Waals surface area contributed by atoms with Crippen molar-refractivity contribution in [2.45, 2.75) is 19.9 Å². The first kappa shape index (κ1) is 12.1. The van der Waals surface area contributed by atoms with E-state index in [0.717, 1.165) is 0 Å². The Hall–Kier alpha value is 0.0600. The fraction of sp³-hybridized carbons (Fsp3) is 1.00. The largest absolute Gasteiger partial charge is 0.260 e. The maximum atomic E-state index is 11.0. The minimum atomic E-state index is -3.15. The molecule has 0 radical (unpaired) electrons. The van der Waals surface area contributed by atoms with Gasteiger partial charge in [-0.25, -0.2) is 13.1 Å². The first-order valence-corrected chi connectivity index (χ1v) is 7.05. The van der Waals surface area contributed by atoms with E-state index in [4.69, 9.17) is 0 Å². The summed E-state index contributed by atoms with van der Waals surface area (Å²) in [5, 5.41) is 0. The van der Waals surface area contributed by atoms with E-state index < -0.39 is 20.8 Å². The van der Waals surface area contributed by atoms with Crippen LogP contribution < -0.4 is 4.72 Å². The highest BCUT2D eigenvalue weighted by atomic mass is 32.2. The number of hydrogen-bond acceptors (Lipinski definition) is 3. The van der Waals surface area contributed by atoms with Crippen molar-refractivity contribution in [1.82, 2.24) is 4.72 Å². The summed E-state index contributed by atoms with van der Waals surface area (Å²) in [4.78, 5) is 0. The van der Waals surface area contributed by atoms with Crippen LogP contribution in [-0.4, -0.2) is 36.4 Å². The van der Waals surface area contributed by atoms with Gasteiger partial charge in [0.25, 0.3) is 0 Å². The lowest BCUT2D eigenvalue weighted by molar-refractivity contribution is 0.571. The van der Waals surface area contributed by atoms with Gasteiger partial charge in [-0.3, -0.25) is 4.21 Å². The van der Waals surface area contributed by atoms with Crippen molar-refractivity contribution in [1.29, 1.82) is 0 Å². The van der Waals surface area contributed by atoms with Crippen LogP contribution in [0.4, 0.5) is 0 Å². The van der Waals surface area contributed by atoms with Crippen molar-refractivity contribution in [3.63, 3.8) is 0 Å². The van der Waals surface area contributed by atoms with Crippen LogP contribution in [0.15, 0.2) is 0 Å². The molecule has 1 N–H and O–H groups in total. The molecule has 0 aromatic heterocycles. The van der Waals surface area contributed by atoms with Gasteiger partial charge in [0.1, 0.15) is 0 Å². The smallest absolute Gasteiger partial charge is 0.211 e. The van der Waals surface area contributed by atoms with E-state index in [1.54, 1.807) is 20.1 Å². The number of nitrogens with one attached hydrogen (secondary N) is 1. The number of rotatable bonds is 5. The summed E-state index contributed by atoms with van der Waals surface area (Å²) in [5.74, 6) is 0.424. The highest BCUT2D eigenvalue weighted by Gasteiger charge is 2.12. The molecule has 0 aromatic carbocycles. The van der Waals surface area contributed by atoms with Gasteiger partial charge in [0, 0.05) is 28.9 Å². The number of sulfonamides is 1. The Morgan fingerprint density at radius 3 is 2.33 bits per heavy atom. The second-order valence-corrected chi connectivity index (χ2v) is 6.18. The van der Waals surface area contributed by atoms with Gasteiger partial charge in [-0.05, 0) is 13.8 Å². The fourth-order valence-corrected chi connectivity index (χ4v) is 2.53. The molecule has 0 saturated carbocycles. The van der Waals surface area contributed by atoms with Crippen LogP contribution >= 0.6 is 0 Å².